The lowest BCUT2D eigenvalue weighted by atomic mass is 10.0. The fraction of sp³-hybridized carbons (Fsp3) is 0.750. The third-order valence-electron chi connectivity index (χ3n) is 2.92. The van der Waals surface area contributed by atoms with E-state index in [9.17, 15) is 13.2 Å². The zero-order valence-corrected chi connectivity index (χ0v) is 13.8. The molecule has 0 fully saturated rings. The largest absolute Gasteiger partial charge is 0.344 e. The molecule has 1 heterocycles. The van der Waals surface area contributed by atoms with Gasteiger partial charge in [-0.1, -0.05) is 12.1 Å². The molecule has 1 aromatic rings. The molecule has 21 heavy (non-hydrogen) atoms. The first-order valence-electron chi connectivity index (χ1n) is 6.62. The van der Waals surface area contributed by atoms with Crippen LogP contribution in [0.4, 0.5) is 0 Å². The van der Waals surface area contributed by atoms with Crippen molar-refractivity contribution in [3.05, 3.63) is 11.7 Å². The van der Waals surface area contributed by atoms with E-state index in [0.717, 1.165) is 4.31 Å². The Morgan fingerprint density at radius 3 is 2.48 bits per heavy atom. The molecule has 120 valence electrons. The minimum atomic E-state index is -3.39. The van der Waals surface area contributed by atoms with Gasteiger partial charge in [0.1, 0.15) is 0 Å². The number of nitrogens with zero attached hydrogens (tertiary/aromatic N) is 3. The maximum atomic E-state index is 11.9. The molecule has 0 spiro atoms. The van der Waals surface area contributed by atoms with Crippen molar-refractivity contribution in [2.24, 2.45) is 0 Å². The summed E-state index contributed by atoms with van der Waals surface area (Å²) in [6.07, 6.45) is 0.487. The number of hydrogen-bond acceptors (Lipinski definition) is 6. The van der Waals surface area contributed by atoms with E-state index in [1.807, 2.05) is 6.92 Å². The molecule has 8 nitrogen and oxygen atoms in total. The molecule has 0 saturated heterocycles. The van der Waals surface area contributed by atoms with Crippen LogP contribution in [-0.2, 0) is 26.8 Å². The van der Waals surface area contributed by atoms with Gasteiger partial charge in [0.25, 0.3) is 0 Å². The molecule has 0 atom stereocenters. The number of aryl methyl sites for hydroxylation is 1. The van der Waals surface area contributed by atoms with Gasteiger partial charge in [-0.25, -0.2) is 12.7 Å². The van der Waals surface area contributed by atoms with Gasteiger partial charge in [0.15, 0.2) is 5.82 Å². The van der Waals surface area contributed by atoms with Crippen LogP contribution < -0.4 is 5.32 Å². The molecule has 1 rings (SSSR count). The van der Waals surface area contributed by atoms with Crippen LogP contribution in [0, 0.1) is 0 Å². The third-order valence-corrected chi connectivity index (χ3v) is 4.76. The molecular weight excluding hydrogens is 296 g/mol. The van der Waals surface area contributed by atoms with Gasteiger partial charge >= 0.3 is 0 Å². The zero-order valence-electron chi connectivity index (χ0n) is 13.0. The summed E-state index contributed by atoms with van der Waals surface area (Å²) in [6.45, 7) is 5.35. The summed E-state index contributed by atoms with van der Waals surface area (Å²) < 4.78 is 29.3. The quantitative estimate of drug-likeness (QED) is 0.773. The average molecular weight is 318 g/mol. The molecule has 0 radical (unpaired) electrons. The molecule has 0 aliphatic rings. The Balaban J connectivity index is 2.65. The van der Waals surface area contributed by atoms with Gasteiger partial charge in [-0.2, -0.15) is 4.98 Å². The van der Waals surface area contributed by atoms with E-state index in [-0.39, 0.29) is 18.1 Å². The van der Waals surface area contributed by atoms with E-state index in [4.69, 9.17) is 4.52 Å². The number of nitrogens with one attached hydrogen (secondary N) is 1. The summed E-state index contributed by atoms with van der Waals surface area (Å²) in [5, 5.41) is 6.54. The van der Waals surface area contributed by atoms with Gasteiger partial charge in [-0.15, -0.1) is 0 Å². The Bertz CT molecular complexity index is 592. The van der Waals surface area contributed by atoms with E-state index in [1.54, 1.807) is 13.8 Å². The fourth-order valence-electron chi connectivity index (χ4n) is 1.52. The number of hydrogen-bond donors (Lipinski definition) is 1. The summed E-state index contributed by atoms with van der Waals surface area (Å²) in [5.74, 6) is 0.230. The fourth-order valence-corrected chi connectivity index (χ4v) is 2.33. The maximum Gasteiger partial charge on any atom is 0.226 e. The van der Waals surface area contributed by atoms with Gasteiger partial charge in [0, 0.05) is 26.9 Å². The highest BCUT2D eigenvalue weighted by Gasteiger charge is 2.29. The molecular formula is C12H22N4O4S. The number of rotatable bonds is 7. The van der Waals surface area contributed by atoms with Crippen LogP contribution in [0.15, 0.2) is 4.52 Å². The first kappa shape index (κ1) is 17.6. The molecule has 9 heteroatoms. The molecule has 1 amide bonds. The van der Waals surface area contributed by atoms with Crippen LogP contribution in [0.25, 0.3) is 0 Å². The lowest BCUT2D eigenvalue weighted by Crippen LogP contribution is -2.42. The Hall–Kier alpha value is -1.48. The van der Waals surface area contributed by atoms with Crippen molar-refractivity contribution in [3.63, 3.8) is 0 Å². The Kier molecular flexibility index (Phi) is 5.46. The monoisotopic (exact) mass is 318 g/mol. The molecule has 0 unspecified atom stereocenters. The van der Waals surface area contributed by atoms with Crippen LogP contribution in [0.1, 0.15) is 38.9 Å². The second kappa shape index (κ2) is 6.52. The second-order valence-electron chi connectivity index (χ2n) is 5.39. The predicted molar refractivity (Wildman–Crippen MR) is 76.9 cm³/mol. The second-order valence-corrected chi connectivity index (χ2v) is 7.69. The Labute approximate surface area is 124 Å². The molecule has 1 aromatic heterocycles. The summed E-state index contributed by atoms with van der Waals surface area (Å²) >= 11 is 0. The molecule has 0 aliphatic carbocycles. The summed E-state index contributed by atoms with van der Waals surface area (Å²) in [4.78, 5) is 16.1. The number of amides is 1. The summed E-state index contributed by atoms with van der Waals surface area (Å²) in [5.41, 5.74) is -0.824. The minimum absolute atomic E-state index is 0.123. The number of aromatic nitrogens is 2. The normalized spacial score (nSPS) is 12.7. The van der Waals surface area contributed by atoms with Crippen molar-refractivity contribution in [3.8, 4) is 0 Å². The van der Waals surface area contributed by atoms with Gasteiger partial charge < -0.3 is 9.84 Å². The minimum Gasteiger partial charge on any atom is -0.344 e. The first-order valence-corrected chi connectivity index (χ1v) is 8.23. The van der Waals surface area contributed by atoms with Crippen LogP contribution in [-0.4, -0.2) is 48.6 Å². The molecule has 0 aliphatic heterocycles. The van der Waals surface area contributed by atoms with E-state index in [1.165, 1.54) is 14.1 Å². The lowest BCUT2D eigenvalue weighted by molar-refractivity contribution is -0.122. The predicted octanol–water partition coefficient (Wildman–Crippen LogP) is 0.265. The highest BCUT2D eigenvalue weighted by Crippen LogP contribution is 2.17. The number of carbonyl (C=O) groups is 1. The number of sulfonamides is 1. The lowest BCUT2D eigenvalue weighted by Gasteiger charge is -2.22. The zero-order chi connectivity index (χ0) is 16.3. The molecule has 0 aromatic carbocycles. The van der Waals surface area contributed by atoms with Crippen molar-refractivity contribution in [1.29, 1.82) is 0 Å². The van der Waals surface area contributed by atoms with Crippen molar-refractivity contribution in [2.45, 2.75) is 39.2 Å². The van der Waals surface area contributed by atoms with Crippen molar-refractivity contribution < 1.29 is 17.7 Å². The van der Waals surface area contributed by atoms with Gasteiger partial charge in [0.2, 0.25) is 21.8 Å². The number of carbonyl (C=O) groups excluding carboxylic acids is 1. The van der Waals surface area contributed by atoms with E-state index >= 15 is 0 Å². The Morgan fingerprint density at radius 1 is 1.38 bits per heavy atom. The third kappa shape index (κ3) is 4.78. The van der Waals surface area contributed by atoms with Gasteiger partial charge in [-0.3, -0.25) is 4.79 Å². The Morgan fingerprint density at radius 2 is 2.00 bits per heavy atom. The van der Waals surface area contributed by atoms with Crippen LogP contribution in [0.3, 0.4) is 0 Å². The van der Waals surface area contributed by atoms with Crippen LogP contribution in [0.5, 0.6) is 0 Å². The van der Waals surface area contributed by atoms with Crippen molar-refractivity contribution in [1.82, 2.24) is 19.8 Å². The van der Waals surface area contributed by atoms with Gasteiger partial charge in [0.05, 0.1) is 11.3 Å². The van der Waals surface area contributed by atoms with Crippen LogP contribution in [0.2, 0.25) is 0 Å². The highest BCUT2D eigenvalue weighted by atomic mass is 32.2. The average Bonchev–Trinajstić information content (AvgIpc) is 2.85. The summed E-state index contributed by atoms with van der Waals surface area (Å²) in [6, 6.07) is 0. The van der Waals surface area contributed by atoms with Crippen molar-refractivity contribution in [2.75, 3.05) is 19.8 Å². The SMILES string of the molecule is CCc1nc(C(C)(C)NC(=O)CCS(=O)(=O)N(C)C)no1. The van der Waals surface area contributed by atoms with E-state index < -0.39 is 15.6 Å². The standard InChI is InChI=1S/C12H22N4O4S/c1-6-10-13-11(15-20-10)12(2,3)14-9(17)7-8-21(18,19)16(4)5/h6-8H2,1-5H3,(H,14,17). The van der Waals surface area contributed by atoms with Crippen LogP contribution >= 0.6 is 0 Å². The maximum absolute atomic E-state index is 11.9. The van der Waals surface area contributed by atoms with E-state index in [0.29, 0.717) is 18.1 Å². The summed E-state index contributed by atoms with van der Waals surface area (Å²) in [7, 11) is -0.524. The topological polar surface area (TPSA) is 105 Å². The molecule has 0 bridgehead atoms. The van der Waals surface area contributed by atoms with Crippen molar-refractivity contribution >= 4 is 15.9 Å². The highest BCUT2D eigenvalue weighted by molar-refractivity contribution is 7.89. The first-order chi connectivity index (χ1) is 9.58. The molecule has 0 saturated carbocycles. The van der Waals surface area contributed by atoms with Gasteiger partial charge in [-0.05, 0) is 13.8 Å². The smallest absolute Gasteiger partial charge is 0.226 e. The van der Waals surface area contributed by atoms with E-state index in [2.05, 4.69) is 15.5 Å². The molecule has 1 N–H and O–H groups in total.